The first kappa shape index (κ1) is 5.42. The lowest BCUT2D eigenvalue weighted by atomic mass is 10.3. The Bertz CT molecular complexity index is 122. The molecule has 0 saturated heterocycles. The van der Waals surface area contributed by atoms with E-state index in [0.717, 1.165) is 12.2 Å². The Labute approximate surface area is 49.7 Å². The van der Waals surface area contributed by atoms with E-state index in [4.69, 9.17) is 4.74 Å². The van der Waals surface area contributed by atoms with Crippen molar-refractivity contribution < 1.29 is 4.74 Å². The zero-order valence-corrected chi connectivity index (χ0v) is 4.92. The first-order valence-electron chi connectivity index (χ1n) is 2.74. The maximum absolute atomic E-state index is 5.05. The van der Waals surface area contributed by atoms with Crippen molar-refractivity contribution >= 4 is 0 Å². The van der Waals surface area contributed by atoms with E-state index in [2.05, 4.69) is 0 Å². The standard InChI is InChI=1S/C7H9O/c1-2-7-5-3-4-6-8-7/h2,4-6H,3H2,1H3. The smallest absolute Gasteiger partial charge is 0.103 e. The minimum atomic E-state index is 0.965. The predicted octanol–water partition coefficient (Wildman–Crippen LogP) is 2.03. The molecule has 1 aliphatic heterocycles. The summed E-state index contributed by atoms with van der Waals surface area (Å²) < 4.78 is 5.05. The van der Waals surface area contributed by atoms with Gasteiger partial charge in [0.15, 0.2) is 0 Å². The van der Waals surface area contributed by atoms with Crippen LogP contribution in [0.25, 0.3) is 0 Å². The first-order chi connectivity index (χ1) is 3.93. The van der Waals surface area contributed by atoms with Crippen molar-refractivity contribution in [2.24, 2.45) is 0 Å². The Balaban J connectivity index is 2.43. The molecule has 43 valence electrons. The monoisotopic (exact) mass is 109 g/mol. The van der Waals surface area contributed by atoms with Gasteiger partial charge in [0.05, 0.1) is 6.26 Å². The van der Waals surface area contributed by atoms with Crippen LogP contribution >= 0.6 is 0 Å². The van der Waals surface area contributed by atoms with Crippen LogP contribution in [0.15, 0.2) is 24.2 Å². The summed E-state index contributed by atoms with van der Waals surface area (Å²) in [4.78, 5) is 0. The van der Waals surface area contributed by atoms with E-state index in [-0.39, 0.29) is 0 Å². The number of allylic oxidation sites excluding steroid dienone is 3. The van der Waals surface area contributed by atoms with Gasteiger partial charge in [0.2, 0.25) is 0 Å². The van der Waals surface area contributed by atoms with Crippen molar-refractivity contribution in [1.29, 1.82) is 0 Å². The molecule has 0 unspecified atom stereocenters. The van der Waals surface area contributed by atoms with Gasteiger partial charge in [-0.15, -0.1) is 0 Å². The second kappa shape index (κ2) is 2.55. The molecule has 0 saturated carbocycles. The largest absolute Gasteiger partial charge is 0.470 e. The van der Waals surface area contributed by atoms with E-state index in [1.807, 2.05) is 25.5 Å². The minimum Gasteiger partial charge on any atom is -0.470 e. The van der Waals surface area contributed by atoms with Crippen molar-refractivity contribution in [2.75, 3.05) is 0 Å². The molecule has 8 heavy (non-hydrogen) atoms. The average Bonchev–Trinajstić information content (AvgIpc) is 1.90. The number of hydrogen-bond donors (Lipinski definition) is 0. The molecule has 0 atom stereocenters. The molecular formula is C7H9O. The molecule has 0 N–H and O–H groups in total. The topological polar surface area (TPSA) is 9.23 Å². The molecular weight excluding hydrogens is 100 g/mol. The summed E-state index contributed by atoms with van der Waals surface area (Å²) in [6.07, 6.45) is 8.69. The van der Waals surface area contributed by atoms with Gasteiger partial charge in [-0.2, -0.15) is 0 Å². The highest BCUT2D eigenvalue weighted by Crippen LogP contribution is 2.08. The Kier molecular flexibility index (Phi) is 1.73. The van der Waals surface area contributed by atoms with Crippen molar-refractivity contribution in [2.45, 2.75) is 13.3 Å². The van der Waals surface area contributed by atoms with E-state index in [1.54, 1.807) is 6.26 Å². The molecule has 0 aliphatic carbocycles. The zero-order chi connectivity index (χ0) is 5.82. The summed E-state index contributed by atoms with van der Waals surface area (Å²) >= 11 is 0. The van der Waals surface area contributed by atoms with Crippen LogP contribution in [0.5, 0.6) is 0 Å². The normalized spacial score (nSPS) is 17.4. The third-order valence-corrected chi connectivity index (χ3v) is 1.04. The Morgan fingerprint density at radius 2 is 2.62 bits per heavy atom. The van der Waals surface area contributed by atoms with E-state index in [1.165, 1.54) is 0 Å². The van der Waals surface area contributed by atoms with Gasteiger partial charge in [-0.3, -0.25) is 0 Å². The second-order valence-electron chi connectivity index (χ2n) is 1.62. The van der Waals surface area contributed by atoms with Gasteiger partial charge in [0.25, 0.3) is 0 Å². The Morgan fingerprint density at radius 3 is 3.00 bits per heavy atom. The SMILES string of the molecule is C[CH]C1=CCC=CO1. The highest BCUT2D eigenvalue weighted by Gasteiger charge is 1.93. The van der Waals surface area contributed by atoms with Crippen LogP contribution < -0.4 is 0 Å². The van der Waals surface area contributed by atoms with Gasteiger partial charge < -0.3 is 4.74 Å². The average molecular weight is 109 g/mol. The summed E-state index contributed by atoms with van der Waals surface area (Å²) in [6.45, 7) is 1.96. The number of hydrogen-bond acceptors (Lipinski definition) is 1. The number of rotatable bonds is 1. The summed E-state index contributed by atoms with van der Waals surface area (Å²) in [5.74, 6) is 0.965. The lowest BCUT2D eigenvalue weighted by Gasteiger charge is -2.04. The van der Waals surface area contributed by atoms with Gasteiger partial charge in [-0.1, -0.05) is 6.92 Å². The minimum absolute atomic E-state index is 0.965. The van der Waals surface area contributed by atoms with Crippen molar-refractivity contribution in [3.05, 3.63) is 30.6 Å². The quantitative estimate of drug-likeness (QED) is 0.500. The molecule has 0 aromatic rings. The molecule has 0 aromatic carbocycles. The van der Waals surface area contributed by atoms with E-state index in [0.29, 0.717) is 0 Å². The summed E-state index contributed by atoms with van der Waals surface area (Å²) in [7, 11) is 0. The fourth-order valence-electron chi connectivity index (χ4n) is 0.600. The zero-order valence-electron chi connectivity index (χ0n) is 4.92. The van der Waals surface area contributed by atoms with Gasteiger partial charge in [-0.05, 0) is 18.6 Å². The fraction of sp³-hybridized carbons (Fsp3) is 0.286. The van der Waals surface area contributed by atoms with E-state index in [9.17, 15) is 0 Å². The molecule has 0 fully saturated rings. The lowest BCUT2D eigenvalue weighted by molar-refractivity contribution is 0.350. The Hall–Kier alpha value is -0.720. The van der Waals surface area contributed by atoms with Crippen LogP contribution in [0.3, 0.4) is 0 Å². The molecule has 1 rings (SSSR count). The lowest BCUT2D eigenvalue weighted by Crippen LogP contribution is -1.87. The third-order valence-electron chi connectivity index (χ3n) is 1.04. The van der Waals surface area contributed by atoms with Crippen LogP contribution in [0.4, 0.5) is 0 Å². The van der Waals surface area contributed by atoms with Crippen LogP contribution in [-0.2, 0) is 4.74 Å². The molecule has 1 heterocycles. The predicted molar refractivity (Wildman–Crippen MR) is 32.9 cm³/mol. The van der Waals surface area contributed by atoms with E-state index < -0.39 is 0 Å². The molecule has 0 spiro atoms. The summed E-state index contributed by atoms with van der Waals surface area (Å²) in [5, 5.41) is 0. The van der Waals surface area contributed by atoms with Crippen molar-refractivity contribution in [3.8, 4) is 0 Å². The van der Waals surface area contributed by atoms with Crippen LogP contribution in [-0.4, -0.2) is 0 Å². The molecule has 1 heteroatoms. The molecule has 1 aliphatic rings. The van der Waals surface area contributed by atoms with Crippen LogP contribution in [0.1, 0.15) is 13.3 Å². The van der Waals surface area contributed by atoms with Crippen molar-refractivity contribution in [1.82, 2.24) is 0 Å². The van der Waals surface area contributed by atoms with E-state index >= 15 is 0 Å². The summed E-state index contributed by atoms with van der Waals surface area (Å²) in [6, 6.07) is 0. The van der Waals surface area contributed by atoms with Gasteiger partial charge in [0.1, 0.15) is 5.76 Å². The van der Waals surface area contributed by atoms with Gasteiger partial charge in [-0.25, -0.2) is 0 Å². The van der Waals surface area contributed by atoms with Gasteiger partial charge >= 0.3 is 0 Å². The maximum atomic E-state index is 5.05. The first-order valence-corrected chi connectivity index (χ1v) is 2.74. The second-order valence-corrected chi connectivity index (χ2v) is 1.62. The molecule has 0 bridgehead atoms. The fourth-order valence-corrected chi connectivity index (χ4v) is 0.600. The van der Waals surface area contributed by atoms with Crippen LogP contribution in [0.2, 0.25) is 0 Å². The molecule has 1 radical (unpaired) electrons. The molecule has 1 nitrogen and oxygen atoms in total. The highest BCUT2D eigenvalue weighted by molar-refractivity contribution is 5.10. The molecule has 0 amide bonds. The molecule has 0 aromatic heterocycles. The highest BCUT2D eigenvalue weighted by atomic mass is 16.5. The van der Waals surface area contributed by atoms with Gasteiger partial charge in [0, 0.05) is 6.42 Å². The van der Waals surface area contributed by atoms with Crippen molar-refractivity contribution in [3.63, 3.8) is 0 Å². The third kappa shape index (κ3) is 1.12. The Morgan fingerprint density at radius 1 is 1.75 bits per heavy atom. The summed E-state index contributed by atoms with van der Waals surface area (Å²) in [5.41, 5.74) is 0. The van der Waals surface area contributed by atoms with Crippen LogP contribution in [0, 0.1) is 6.42 Å². The maximum Gasteiger partial charge on any atom is 0.103 e. The number of ether oxygens (including phenoxy) is 1.